The van der Waals surface area contributed by atoms with E-state index in [9.17, 15) is 4.79 Å². The number of aryl methyl sites for hydroxylation is 1. The average Bonchev–Trinajstić information content (AvgIpc) is 3.08. The fourth-order valence-electron chi connectivity index (χ4n) is 2.71. The maximum atomic E-state index is 12.3. The van der Waals surface area contributed by atoms with Crippen LogP contribution in [0.4, 0.5) is 11.4 Å². The number of hydrogen-bond acceptors (Lipinski definition) is 4. The minimum Gasteiger partial charge on any atom is -0.367 e. The minimum atomic E-state index is -0.368. The van der Waals surface area contributed by atoms with Crippen LogP contribution in [-0.4, -0.2) is 17.6 Å². The monoisotopic (exact) mass is 403 g/mol. The summed E-state index contributed by atoms with van der Waals surface area (Å²) in [6, 6.07) is 14.9. The van der Waals surface area contributed by atoms with Gasteiger partial charge in [0.05, 0.1) is 10.7 Å². The maximum Gasteiger partial charge on any atom is 0.277 e. The molecule has 5 nitrogen and oxygen atoms in total. The molecule has 0 fully saturated rings. The molecular weight excluding hydrogens is 385 g/mol. The highest BCUT2D eigenvalue weighted by Crippen LogP contribution is 2.26. The van der Waals surface area contributed by atoms with Gasteiger partial charge < -0.3 is 14.7 Å². The standard InChI is InChI=1S/C20H19Cl2N3O2/c1-3-25(16-6-4-5-15(21)11-16)12-14-7-8-17(22)18(10-14)23-20(26)19-9-13(2)27-24-19/h4-11H,3,12H2,1-2H3,(H,23,26). The highest BCUT2D eigenvalue weighted by atomic mass is 35.5. The van der Waals surface area contributed by atoms with Gasteiger partial charge in [-0.05, 0) is 49.7 Å². The molecule has 27 heavy (non-hydrogen) atoms. The molecular formula is C20H19Cl2N3O2. The average molecular weight is 404 g/mol. The van der Waals surface area contributed by atoms with Crippen molar-refractivity contribution in [3.05, 3.63) is 75.6 Å². The van der Waals surface area contributed by atoms with Gasteiger partial charge in [0, 0.05) is 29.9 Å². The topological polar surface area (TPSA) is 58.4 Å². The molecule has 0 bridgehead atoms. The number of halogens is 2. The Morgan fingerprint density at radius 1 is 1.19 bits per heavy atom. The van der Waals surface area contributed by atoms with Gasteiger partial charge in [-0.2, -0.15) is 0 Å². The van der Waals surface area contributed by atoms with E-state index in [0.29, 0.717) is 28.0 Å². The van der Waals surface area contributed by atoms with Gasteiger partial charge >= 0.3 is 0 Å². The third-order valence-electron chi connectivity index (χ3n) is 4.07. The van der Waals surface area contributed by atoms with Crippen LogP contribution in [0.25, 0.3) is 0 Å². The van der Waals surface area contributed by atoms with Crippen molar-refractivity contribution in [3.8, 4) is 0 Å². The van der Waals surface area contributed by atoms with Crippen molar-refractivity contribution in [2.75, 3.05) is 16.8 Å². The molecule has 1 aromatic heterocycles. The van der Waals surface area contributed by atoms with E-state index >= 15 is 0 Å². The van der Waals surface area contributed by atoms with Gasteiger partial charge in [0.1, 0.15) is 5.76 Å². The zero-order chi connectivity index (χ0) is 19.4. The van der Waals surface area contributed by atoms with Crippen molar-refractivity contribution in [2.24, 2.45) is 0 Å². The number of rotatable bonds is 6. The van der Waals surface area contributed by atoms with Gasteiger partial charge in [0.2, 0.25) is 0 Å². The molecule has 0 aliphatic rings. The van der Waals surface area contributed by atoms with Crippen LogP contribution in [0.3, 0.4) is 0 Å². The first-order valence-corrected chi connectivity index (χ1v) is 9.25. The molecule has 1 amide bonds. The van der Waals surface area contributed by atoms with Gasteiger partial charge in [-0.3, -0.25) is 4.79 Å². The van der Waals surface area contributed by atoms with E-state index in [1.165, 1.54) is 0 Å². The number of aromatic nitrogens is 1. The molecule has 2 aromatic carbocycles. The van der Waals surface area contributed by atoms with Gasteiger partial charge in [-0.15, -0.1) is 0 Å². The first-order valence-electron chi connectivity index (χ1n) is 8.50. The number of amides is 1. The zero-order valence-electron chi connectivity index (χ0n) is 15.0. The molecule has 0 radical (unpaired) electrons. The number of anilines is 2. The minimum absolute atomic E-state index is 0.211. The van der Waals surface area contributed by atoms with E-state index in [1.54, 1.807) is 19.1 Å². The Labute approximate surface area is 167 Å². The molecule has 0 atom stereocenters. The first kappa shape index (κ1) is 19.3. The molecule has 0 saturated heterocycles. The van der Waals surface area contributed by atoms with E-state index in [-0.39, 0.29) is 11.6 Å². The number of nitrogens with one attached hydrogen (secondary N) is 1. The third kappa shape index (κ3) is 4.81. The summed E-state index contributed by atoms with van der Waals surface area (Å²) in [6.07, 6.45) is 0. The zero-order valence-corrected chi connectivity index (χ0v) is 16.5. The fraction of sp³-hybridized carbons (Fsp3) is 0.200. The predicted octanol–water partition coefficient (Wildman–Crippen LogP) is 5.57. The number of hydrogen-bond donors (Lipinski definition) is 1. The largest absolute Gasteiger partial charge is 0.367 e. The maximum absolute atomic E-state index is 12.3. The second-order valence-corrected chi connectivity index (χ2v) is 6.93. The number of carbonyl (C=O) groups is 1. The lowest BCUT2D eigenvalue weighted by Crippen LogP contribution is -2.22. The van der Waals surface area contributed by atoms with Crippen molar-refractivity contribution >= 4 is 40.5 Å². The summed E-state index contributed by atoms with van der Waals surface area (Å²) in [5.74, 6) is 0.202. The Bertz CT molecular complexity index is 956. The Morgan fingerprint density at radius 2 is 2.00 bits per heavy atom. The molecule has 0 unspecified atom stereocenters. The lowest BCUT2D eigenvalue weighted by Gasteiger charge is -2.24. The van der Waals surface area contributed by atoms with Crippen molar-refractivity contribution in [2.45, 2.75) is 20.4 Å². The molecule has 0 spiro atoms. The summed E-state index contributed by atoms with van der Waals surface area (Å²) in [4.78, 5) is 14.5. The van der Waals surface area contributed by atoms with Crippen LogP contribution in [0.1, 0.15) is 28.7 Å². The summed E-state index contributed by atoms with van der Waals surface area (Å²) in [6.45, 7) is 5.27. The van der Waals surface area contributed by atoms with Crippen molar-refractivity contribution in [1.82, 2.24) is 5.16 Å². The molecule has 3 rings (SSSR count). The van der Waals surface area contributed by atoms with Crippen molar-refractivity contribution < 1.29 is 9.32 Å². The normalized spacial score (nSPS) is 10.7. The van der Waals surface area contributed by atoms with Crippen LogP contribution < -0.4 is 10.2 Å². The number of nitrogens with zero attached hydrogens (tertiary/aromatic N) is 2. The summed E-state index contributed by atoms with van der Waals surface area (Å²) in [5.41, 5.74) is 2.78. The molecule has 7 heteroatoms. The smallest absolute Gasteiger partial charge is 0.277 e. The molecule has 0 saturated carbocycles. The SMILES string of the molecule is CCN(Cc1ccc(Cl)c(NC(=O)c2cc(C)on2)c1)c1cccc(Cl)c1. The van der Waals surface area contributed by atoms with Crippen molar-refractivity contribution in [1.29, 1.82) is 0 Å². The highest BCUT2D eigenvalue weighted by Gasteiger charge is 2.14. The molecule has 3 aromatic rings. The molecule has 140 valence electrons. The number of carbonyl (C=O) groups excluding carboxylic acids is 1. The van der Waals surface area contributed by atoms with Crippen LogP contribution in [0, 0.1) is 6.92 Å². The first-order chi connectivity index (χ1) is 13.0. The molecule has 1 heterocycles. The van der Waals surface area contributed by atoms with Crippen LogP contribution in [-0.2, 0) is 6.54 Å². The van der Waals surface area contributed by atoms with E-state index in [1.807, 2.05) is 36.4 Å². The second kappa shape index (κ2) is 8.46. The summed E-state index contributed by atoms with van der Waals surface area (Å²) in [7, 11) is 0. The molecule has 0 aliphatic carbocycles. The predicted molar refractivity (Wildman–Crippen MR) is 109 cm³/mol. The van der Waals surface area contributed by atoms with E-state index in [4.69, 9.17) is 27.7 Å². The third-order valence-corrected chi connectivity index (χ3v) is 4.63. The van der Waals surface area contributed by atoms with Gasteiger partial charge in [0.15, 0.2) is 5.69 Å². The van der Waals surface area contributed by atoms with Gasteiger partial charge in [-0.25, -0.2) is 0 Å². The van der Waals surface area contributed by atoms with E-state index in [2.05, 4.69) is 22.3 Å². The van der Waals surface area contributed by atoms with Gasteiger partial charge in [0.25, 0.3) is 5.91 Å². The van der Waals surface area contributed by atoms with Crippen LogP contribution in [0.5, 0.6) is 0 Å². The Kier molecular flexibility index (Phi) is 6.04. The van der Waals surface area contributed by atoms with Gasteiger partial charge in [-0.1, -0.05) is 40.5 Å². The second-order valence-electron chi connectivity index (χ2n) is 6.09. The van der Waals surface area contributed by atoms with Crippen molar-refractivity contribution in [3.63, 3.8) is 0 Å². The Morgan fingerprint density at radius 3 is 2.67 bits per heavy atom. The summed E-state index contributed by atoms with van der Waals surface area (Å²) in [5, 5.41) is 7.66. The molecule has 0 aliphatic heterocycles. The molecule has 1 N–H and O–H groups in total. The van der Waals surface area contributed by atoms with Crippen LogP contribution >= 0.6 is 23.2 Å². The van der Waals surface area contributed by atoms with Crippen LogP contribution in [0.2, 0.25) is 10.0 Å². The summed E-state index contributed by atoms with van der Waals surface area (Å²) >= 11 is 12.4. The lowest BCUT2D eigenvalue weighted by molar-refractivity contribution is 0.101. The summed E-state index contributed by atoms with van der Waals surface area (Å²) < 4.78 is 4.94. The lowest BCUT2D eigenvalue weighted by atomic mass is 10.1. The van der Waals surface area contributed by atoms with E-state index < -0.39 is 0 Å². The quantitative estimate of drug-likeness (QED) is 0.584. The Balaban J connectivity index is 1.79. The van der Waals surface area contributed by atoms with E-state index in [0.717, 1.165) is 17.8 Å². The Hall–Kier alpha value is -2.50. The highest BCUT2D eigenvalue weighted by molar-refractivity contribution is 6.34. The fourth-order valence-corrected chi connectivity index (χ4v) is 3.05. The van der Waals surface area contributed by atoms with Crippen LogP contribution in [0.15, 0.2) is 53.1 Å². The number of benzene rings is 2.